The Bertz CT molecular complexity index is 1150. The molecule has 0 unspecified atom stereocenters. The van der Waals surface area contributed by atoms with Gasteiger partial charge < -0.3 is 4.90 Å². The molecule has 2 aromatic carbocycles. The first-order chi connectivity index (χ1) is 15.0. The number of benzene rings is 2. The molecule has 0 saturated heterocycles. The van der Waals surface area contributed by atoms with E-state index in [1.54, 1.807) is 16.7 Å². The summed E-state index contributed by atoms with van der Waals surface area (Å²) in [4.78, 5) is 18.8. The van der Waals surface area contributed by atoms with E-state index in [4.69, 9.17) is 0 Å². The maximum absolute atomic E-state index is 13.0. The molecule has 4 rings (SSSR count). The van der Waals surface area contributed by atoms with Crippen molar-refractivity contribution in [2.45, 2.75) is 31.3 Å². The van der Waals surface area contributed by atoms with Crippen molar-refractivity contribution in [1.29, 1.82) is 0 Å². The Morgan fingerprint density at radius 3 is 2.52 bits per heavy atom. The molecule has 0 atom stereocenters. The number of nitrogens with one attached hydrogen (secondary N) is 1. The summed E-state index contributed by atoms with van der Waals surface area (Å²) in [5.74, 6) is 0.747. The third kappa shape index (κ3) is 4.69. The van der Waals surface area contributed by atoms with Gasteiger partial charge in [-0.2, -0.15) is 10.2 Å². The fourth-order valence-electron chi connectivity index (χ4n) is 3.41. The van der Waals surface area contributed by atoms with Gasteiger partial charge in [-0.3, -0.25) is 9.89 Å². The highest BCUT2D eigenvalue weighted by atomic mass is 32.2. The average Bonchev–Trinajstić information content (AvgIpc) is 3.42. The standard InChI is InChI=1S/C23H24N6OS/c1-16-21(17(2)29(27-16)20-7-5-4-6-8-20)13-28(3)22(30)19-11-9-18(10-12-19)14-31-23-24-15-25-26-23/h4-12,15H,13-14H2,1-3H3,(H,24,25,26). The Hall–Kier alpha value is -3.39. The summed E-state index contributed by atoms with van der Waals surface area (Å²) in [5, 5.41) is 12.1. The summed E-state index contributed by atoms with van der Waals surface area (Å²) in [6.07, 6.45) is 1.49. The largest absolute Gasteiger partial charge is 0.337 e. The molecule has 0 saturated carbocycles. The van der Waals surface area contributed by atoms with Gasteiger partial charge in [-0.25, -0.2) is 9.67 Å². The quantitative estimate of drug-likeness (QED) is 0.443. The predicted molar refractivity (Wildman–Crippen MR) is 121 cm³/mol. The number of H-pyrrole nitrogens is 1. The second-order valence-corrected chi connectivity index (χ2v) is 8.30. The van der Waals surface area contributed by atoms with Crippen LogP contribution in [0.3, 0.4) is 0 Å². The van der Waals surface area contributed by atoms with Gasteiger partial charge in [0.05, 0.1) is 11.4 Å². The first kappa shape index (κ1) is 20.9. The molecule has 0 aliphatic heterocycles. The molecule has 4 aromatic rings. The molecule has 8 heteroatoms. The van der Waals surface area contributed by atoms with E-state index in [0.29, 0.717) is 12.1 Å². The lowest BCUT2D eigenvalue weighted by Crippen LogP contribution is -2.26. The number of amides is 1. The molecule has 31 heavy (non-hydrogen) atoms. The summed E-state index contributed by atoms with van der Waals surface area (Å²) < 4.78 is 1.93. The Kier molecular flexibility index (Phi) is 6.18. The summed E-state index contributed by atoms with van der Waals surface area (Å²) >= 11 is 1.57. The first-order valence-corrected chi connectivity index (χ1v) is 10.9. The Labute approximate surface area is 185 Å². The number of carbonyl (C=O) groups excluding carboxylic acids is 1. The van der Waals surface area contributed by atoms with Crippen LogP contribution in [-0.4, -0.2) is 42.8 Å². The smallest absolute Gasteiger partial charge is 0.253 e. The molecule has 0 fully saturated rings. The van der Waals surface area contributed by atoms with Crippen LogP contribution in [0.5, 0.6) is 0 Å². The second-order valence-electron chi connectivity index (χ2n) is 7.33. The minimum absolute atomic E-state index is 0.0132. The van der Waals surface area contributed by atoms with Gasteiger partial charge in [-0.1, -0.05) is 42.1 Å². The zero-order valence-corrected chi connectivity index (χ0v) is 18.6. The summed E-state index contributed by atoms with van der Waals surface area (Å²) in [5.41, 5.74) is 5.85. The lowest BCUT2D eigenvalue weighted by Gasteiger charge is -2.18. The third-order valence-electron chi connectivity index (χ3n) is 5.15. The fourth-order valence-corrected chi connectivity index (χ4v) is 4.15. The summed E-state index contributed by atoms with van der Waals surface area (Å²) in [7, 11) is 1.83. The number of aryl methyl sites for hydroxylation is 1. The highest BCUT2D eigenvalue weighted by Gasteiger charge is 2.18. The van der Waals surface area contributed by atoms with Gasteiger partial charge >= 0.3 is 0 Å². The predicted octanol–water partition coefficient (Wildman–Crippen LogP) is 4.17. The average molecular weight is 433 g/mol. The number of rotatable bonds is 7. The van der Waals surface area contributed by atoms with Crippen molar-refractivity contribution in [3.05, 3.63) is 89.0 Å². The topological polar surface area (TPSA) is 79.7 Å². The molecule has 0 aliphatic rings. The fraction of sp³-hybridized carbons (Fsp3) is 0.217. The van der Waals surface area contributed by atoms with Crippen molar-refractivity contribution in [3.8, 4) is 5.69 Å². The molecule has 0 radical (unpaired) electrons. The Morgan fingerprint density at radius 2 is 1.84 bits per heavy atom. The number of hydrogen-bond acceptors (Lipinski definition) is 5. The molecule has 0 spiro atoms. The van der Waals surface area contributed by atoms with E-state index in [0.717, 1.165) is 39.1 Å². The summed E-state index contributed by atoms with van der Waals surface area (Å²) in [6.45, 7) is 4.54. The van der Waals surface area contributed by atoms with Gasteiger partial charge in [0, 0.05) is 36.2 Å². The summed E-state index contributed by atoms with van der Waals surface area (Å²) in [6, 6.07) is 17.7. The van der Waals surface area contributed by atoms with E-state index in [1.165, 1.54) is 6.33 Å². The molecule has 2 heterocycles. The number of carbonyl (C=O) groups is 1. The van der Waals surface area contributed by atoms with Crippen LogP contribution in [0.15, 0.2) is 66.1 Å². The minimum atomic E-state index is -0.0132. The molecule has 2 aromatic heterocycles. The van der Waals surface area contributed by atoms with E-state index < -0.39 is 0 Å². The first-order valence-electron chi connectivity index (χ1n) is 9.96. The van der Waals surface area contributed by atoms with E-state index >= 15 is 0 Å². The van der Waals surface area contributed by atoms with Crippen LogP contribution in [0, 0.1) is 13.8 Å². The molecule has 1 amide bonds. The maximum atomic E-state index is 13.0. The number of aromatic nitrogens is 5. The lowest BCUT2D eigenvalue weighted by molar-refractivity contribution is 0.0784. The van der Waals surface area contributed by atoms with Gasteiger partial charge in [-0.15, -0.1) is 0 Å². The minimum Gasteiger partial charge on any atom is -0.337 e. The van der Waals surface area contributed by atoms with Crippen LogP contribution in [0.1, 0.15) is 32.9 Å². The highest BCUT2D eigenvalue weighted by Crippen LogP contribution is 2.21. The van der Waals surface area contributed by atoms with Crippen molar-refractivity contribution >= 4 is 17.7 Å². The van der Waals surface area contributed by atoms with Gasteiger partial charge in [0.25, 0.3) is 5.91 Å². The Balaban J connectivity index is 1.43. The molecule has 0 aliphatic carbocycles. The van der Waals surface area contributed by atoms with Crippen molar-refractivity contribution in [2.75, 3.05) is 7.05 Å². The molecular formula is C23H24N6OS. The van der Waals surface area contributed by atoms with Crippen molar-refractivity contribution in [1.82, 2.24) is 29.9 Å². The van der Waals surface area contributed by atoms with Gasteiger partial charge in [0.2, 0.25) is 0 Å². The van der Waals surface area contributed by atoms with E-state index in [1.807, 2.05) is 80.2 Å². The SMILES string of the molecule is Cc1nn(-c2ccccc2)c(C)c1CN(C)C(=O)c1ccc(CSc2ncn[nH]2)cc1. The third-order valence-corrected chi connectivity index (χ3v) is 6.10. The number of thioether (sulfide) groups is 1. The second kappa shape index (κ2) is 9.18. The number of hydrogen-bond donors (Lipinski definition) is 1. The van der Waals surface area contributed by atoms with Crippen LogP contribution in [0.25, 0.3) is 5.69 Å². The van der Waals surface area contributed by atoms with Crippen LogP contribution in [-0.2, 0) is 12.3 Å². The molecule has 1 N–H and O–H groups in total. The van der Waals surface area contributed by atoms with E-state index in [9.17, 15) is 4.79 Å². The Morgan fingerprint density at radius 1 is 1.10 bits per heavy atom. The van der Waals surface area contributed by atoms with Crippen LogP contribution in [0.4, 0.5) is 0 Å². The number of aromatic amines is 1. The van der Waals surface area contributed by atoms with E-state index in [2.05, 4.69) is 20.3 Å². The zero-order valence-electron chi connectivity index (χ0n) is 17.7. The maximum Gasteiger partial charge on any atom is 0.253 e. The lowest BCUT2D eigenvalue weighted by atomic mass is 10.1. The molecule has 158 valence electrons. The van der Waals surface area contributed by atoms with E-state index in [-0.39, 0.29) is 5.91 Å². The number of para-hydroxylation sites is 1. The molecule has 7 nitrogen and oxygen atoms in total. The zero-order chi connectivity index (χ0) is 21.8. The molecule has 0 bridgehead atoms. The van der Waals surface area contributed by atoms with Gasteiger partial charge in [0.1, 0.15) is 6.33 Å². The van der Waals surface area contributed by atoms with Crippen LogP contribution < -0.4 is 0 Å². The monoisotopic (exact) mass is 432 g/mol. The van der Waals surface area contributed by atoms with Crippen LogP contribution in [0.2, 0.25) is 0 Å². The highest BCUT2D eigenvalue weighted by molar-refractivity contribution is 7.98. The van der Waals surface area contributed by atoms with Gasteiger partial charge in [0.15, 0.2) is 5.16 Å². The molecular weight excluding hydrogens is 408 g/mol. The number of nitrogens with zero attached hydrogens (tertiary/aromatic N) is 5. The van der Waals surface area contributed by atoms with Crippen LogP contribution >= 0.6 is 11.8 Å². The van der Waals surface area contributed by atoms with Crippen molar-refractivity contribution in [2.24, 2.45) is 0 Å². The normalized spacial score (nSPS) is 10.9. The van der Waals surface area contributed by atoms with Crippen molar-refractivity contribution < 1.29 is 4.79 Å². The van der Waals surface area contributed by atoms with Crippen molar-refractivity contribution in [3.63, 3.8) is 0 Å². The van der Waals surface area contributed by atoms with Gasteiger partial charge in [-0.05, 0) is 43.7 Å².